The van der Waals surface area contributed by atoms with E-state index in [0.29, 0.717) is 42.0 Å². The van der Waals surface area contributed by atoms with Gasteiger partial charge in [0.1, 0.15) is 0 Å². The van der Waals surface area contributed by atoms with E-state index < -0.39 is 0 Å². The largest absolute Gasteiger partial charge is 0.493 e. The maximum atomic E-state index is 12.3. The number of aromatic nitrogens is 2. The predicted octanol–water partition coefficient (Wildman–Crippen LogP) is 2.03. The van der Waals surface area contributed by atoms with Gasteiger partial charge in [0.2, 0.25) is 5.89 Å². The number of methoxy groups -OCH3 is 2. The second kappa shape index (κ2) is 6.15. The zero-order valence-corrected chi connectivity index (χ0v) is 13.2. The highest BCUT2D eigenvalue weighted by molar-refractivity contribution is 5.92. The molecule has 1 aliphatic rings. The molecule has 2 heterocycles. The van der Waals surface area contributed by atoms with Crippen LogP contribution in [0.5, 0.6) is 11.5 Å². The molecule has 8 heteroatoms. The highest BCUT2D eigenvalue weighted by Crippen LogP contribution is 2.35. The first-order valence-corrected chi connectivity index (χ1v) is 7.19. The number of carbonyl (C=O) groups is 1. The number of para-hydroxylation sites is 1. The molecule has 0 radical (unpaired) electrons. The maximum absolute atomic E-state index is 12.3. The van der Waals surface area contributed by atoms with Gasteiger partial charge >= 0.3 is 6.03 Å². The Labute approximate surface area is 133 Å². The number of aryl methyl sites for hydroxylation is 1. The van der Waals surface area contributed by atoms with E-state index in [1.807, 2.05) is 0 Å². The summed E-state index contributed by atoms with van der Waals surface area (Å²) in [5, 5.41) is 6.59. The number of benzene rings is 1. The number of amides is 2. The van der Waals surface area contributed by atoms with Gasteiger partial charge < -0.3 is 24.2 Å². The van der Waals surface area contributed by atoms with E-state index >= 15 is 0 Å². The van der Waals surface area contributed by atoms with Crippen molar-refractivity contribution < 1.29 is 18.8 Å². The molecule has 1 N–H and O–H groups in total. The number of likely N-dealkylation sites (tertiary alicyclic amines) is 1. The number of hydrogen-bond donors (Lipinski definition) is 1. The minimum absolute atomic E-state index is 0.0918. The van der Waals surface area contributed by atoms with Crippen molar-refractivity contribution in [3.63, 3.8) is 0 Å². The molecule has 2 aromatic rings. The summed E-state index contributed by atoms with van der Waals surface area (Å²) in [6.07, 6.45) is 0. The number of carbonyl (C=O) groups excluding carboxylic acids is 1. The van der Waals surface area contributed by atoms with Crippen LogP contribution in [0.4, 0.5) is 10.5 Å². The molecule has 0 aliphatic carbocycles. The number of hydrogen-bond acceptors (Lipinski definition) is 6. The minimum atomic E-state index is -0.205. The Bertz CT molecular complexity index is 709. The third-order valence-electron chi connectivity index (χ3n) is 3.71. The maximum Gasteiger partial charge on any atom is 0.321 e. The Hall–Kier alpha value is -2.77. The molecule has 1 saturated heterocycles. The number of urea groups is 1. The Morgan fingerprint density at radius 3 is 2.74 bits per heavy atom. The van der Waals surface area contributed by atoms with Crippen LogP contribution in [0.3, 0.4) is 0 Å². The van der Waals surface area contributed by atoms with E-state index in [0.717, 1.165) is 0 Å². The Morgan fingerprint density at radius 2 is 2.13 bits per heavy atom. The fraction of sp³-hybridized carbons (Fsp3) is 0.400. The fourth-order valence-corrected chi connectivity index (χ4v) is 2.46. The van der Waals surface area contributed by atoms with Gasteiger partial charge in [-0.2, -0.15) is 4.98 Å². The van der Waals surface area contributed by atoms with Gasteiger partial charge in [-0.25, -0.2) is 4.79 Å². The highest BCUT2D eigenvalue weighted by Gasteiger charge is 2.35. The molecular formula is C15H18N4O4. The van der Waals surface area contributed by atoms with E-state index in [1.54, 1.807) is 37.1 Å². The molecule has 23 heavy (non-hydrogen) atoms. The van der Waals surface area contributed by atoms with Gasteiger partial charge in [-0.3, -0.25) is 0 Å². The van der Waals surface area contributed by atoms with Gasteiger partial charge in [0.05, 0.1) is 25.8 Å². The quantitative estimate of drug-likeness (QED) is 0.927. The Kier molecular flexibility index (Phi) is 4.05. The summed E-state index contributed by atoms with van der Waals surface area (Å²) in [5.41, 5.74) is 0.564. The number of ether oxygens (including phenoxy) is 2. The van der Waals surface area contributed by atoms with Crippen molar-refractivity contribution in [1.29, 1.82) is 0 Å². The molecule has 122 valence electrons. The summed E-state index contributed by atoms with van der Waals surface area (Å²) < 4.78 is 15.6. The third kappa shape index (κ3) is 2.92. The molecule has 1 fully saturated rings. The molecule has 0 bridgehead atoms. The lowest BCUT2D eigenvalue weighted by Gasteiger charge is -2.37. The summed E-state index contributed by atoms with van der Waals surface area (Å²) >= 11 is 0. The average Bonchev–Trinajstić information content (AvgIpc) is 2.91. The monoisotopic (exact) mass is 318 g/mol. The van der Waals surface area contributed by atoms with Crippen molar-refractivity contribution in [2.24, 2.45) is 0 Å². The topological polar surface area (TPSA) is 89.7 Å². The highest BCUT2D eigenvalue weighted by atomic mass is 16.5. The molecule has 0 spiro atoms. The Balaban J connectivity index is 1.63. The zero-order chi connectivity index (χ0) is 16.4. The van der Waals surface area contributed by atoms with Crippen molar-refractivity contribution in [1.82, 2.24) is 15.0 Å². The van der Waals surface area contributed by atoms with Crippen molar-refractivity contribution in [3.8, 4) is 11.5 Å². The second-order valence-corrected chi connectivity index (χ2v) is 5.25. The minimum Gasteiger partial charge on any atom is -0.493 e. The van der Waals surface area contributed by atoms with E-state index in [1.165, 1.54) is 7.11 Å². The summed E-state index contributed by atoms with van der Waals surface area (Å²) in [6, 6.07) is 5.12. The predicted molar refractivity (Wildman–Crippen MR) is 81.9 cm³/mol. The molecule has 8 nitrogen and oxygen atoms in total. The number of anilines is 1. The number of nitrogens with zero attached hydrogens (tertiary/aromatic N) is 3. The van der Waals surface area contributed by atoms with E-state index in [4.69, 9.17) is 14.0 Å². The summed E-state index contributed by atoms with van der Waals surface area (Å²) in [6.45, 7) is 2.85. The van der Waals surface area contributed by atoms with Crippen LogP contribution < -0.4 is 14.8 Å². The van der Waals surface area contributed by atoms with E-state index in [-0.39, 0.29) is 11.9 Å². The van der Waals surface area contributed by atoms with Crippen LogP contribution in [0.25, 0.3) is 0 Å². The number of rotatable bonds is 4. The van der Waals surface area contributed by atoms with Gasteiger partial charge in [-0.1, -0.05) is 11.2 Å². The summed E-state index contributed by atoms with van der Waals surface area (Å²) in [7, 11) is 3.08. The van der Waals surface area contributed by atoms with Crippen LogP contribution in [0.15, 0.2) is 22.7 Å². The van der Waals surface area contributed by atoms with Gasteiger partial charge in [0, 0.05) is 13.1 Å². The van der Waals surface area contributed by atoms with E-state index in [2.05, 4.69) is 15.5 Å². The SMILES string of the molecule is COc1cccc(NC(=O)N2CC(c3nc(C)no3)C2)c1OC. The first-order chi connectivity index (χ1) is 11.1. The molecular weight excluding hydrogens is 300 g/mol. The van der Waals surface area contributed by atoms with Gasteiger partial charge in [0.25, 0.3) is 0 Å². The van der Waals surface area contributed by atoms with Crippen molar-refractivity contribution >= 4 is 11.7 Å². The Morgan fingerprint density at radius 1 is 1.35 bits per heavy atom. The van der Waals surface area contributed by atoms with Crippen LogP contribution in [-0.2, 0) is 0 Å². The summed E-state index contributed by atoms with van der Waals surface area (Å²) in [5.74, 6) is 2.32. The van der Waals surface area contributed by atoms with Crippen LogP contribution in [-0.4, -0.2) is 48.4 Å². The molecule has 2 amide bonds. The lowest BCUT2D eigenvalue weighted by molar-refractivity contribution is 0.147. The van der Waals surface area contributed by atoms with Crippen molar-refractivity contribution in [2.75, 3.05) is 32.6 Å². The molecule has 1 aromatic heterocycles. The first kappa shape index (κ1) is 15.1. The van der Waals surface area contributed by atoms with Crippen molar-refractivity contribution in [3.05, 3.63) is 29.9 Å². The second-order valence-electron chi connectivity index (χ2n) is 5.25. The van der Waals surface area contributed by atoms with Crippen LogP contribution in [0, 0.1) is 6.92 Å². The lowest BCUT2D eigenvalue weighted by Crippen LogP contribution is -2.50. The average molecular weight is 318 g/mol. The fourth-order valence-electron chi connectivity index (χ4n) is 2.46. The lowest BCUT2D eigenvalue weighted by atomic mass is 10.0. The molecule has 0 saturated carbocycles. The third-order valence-corrected chi connectivity index (χ3v) is 3.71. The standard InChI is InChI=1S/C15H18N4O4/c1-9-16-14(23-18-9)10-7-19(8-10)15(20)17-11-5-4-6-12(21-2)13(11)22-3/h4-6,10H,7-8H2,1-3H3,(H,17,20). The molecule has 0 atom stereocenters. The van der Waals surface area contributed by atoms with Crippen LogP contribution >= 0.6 is 0 Å². The first-order valence-electron chi connectivity index (χ1n) is 7.19. The van der Waals surface area contributed by atoms with Crippen molar-refractivity contribution in [2.45, 2.75) is 12.8 Å². The van der Waals surface area contributed by atoms with Gasteiger partial charge in [0.15, 0.2) is 17.3 Å². The molecule has 1 aliphatic heterocycles. The normalized spacial score (nSPS) is 14.3. The zero-order valence-electron chi connectivity index (χ0n) is 13.2. The van der Waals surface area contributed by atoms with E-state index in [9.17, 15) is 4.79 Å². The van der Waals surface area contributed by atoms with Gasteiger partial charge in [-0.05, 0) is 19.1 Å². The molecule has 3 rings (SSSR count). The number of nitrogens with one attached hydrogen (secondary N) is 1. The molecule has 1 aromatic carbocycles. The van der Waals surface area contributed by atoms with Crippen LogP contribution in [0.2, 0.25) is 0 Å². The van der Waals surface area contributed by atoms with Crippen LogP contribution in [0.1, 0.15) is 17.6 Å². The summed E-state index contributed by atoms with van der Waals surface area (Å²) in [4.78, 5) is 18.2. The molecule has 0 unspecified atom stereocenters. The van der Waals surface area contributed by atoms with Gasteiger partial charge in [-0.15, -0.1) is 0 Å². The smallest absolute Gasteiger partial charge is 0.321 e.